The fourth-order valence-electron chi connectivity index (χ4n) is 2.92. The minimum Gasteiger partial charge on any atom is -0.454 e. The highest BCUT2D eigenvalue weighted by atomic mass is 16.7. The van der Waals surface area contributed by atoms with E-state index in [2.05, 4.69) is 33.0 Å². The molecule has 0 spiro atoms. The van der Waals surface area contributed by atoms with Gasteiger partial charge in [-0.2, -0.15) is 0 Å². The minimum atomic E-state index is 0.358. The molecule has 0 atom stereocenters. The van der Waals surface area contributed by atoms with Crippen LogP contribution < -0.4 is 25.4 Å². The van der Waals surface area contributed by atoms with Crippen molar-refractivity contribution in [2.75, 3.05) is 65.7 Å². The van der Waals surface area contributed by atoms with Gasteiger partial charge < -0.3 is 30.3 Å². The molecule has 23 heavy (non-hydrogen) atoms. The number of benzene rings is 1. The van der Waals surface area contributed by atoms with Crippen LogP contribution in [-0.4, -0.2) is 70.6 Å². The Morgan fingerprint density at radius 2 is 1.48 bits per heavy atom. The van der Waals surface area contributed by atoms with E-state index in [0.29, 0.717) is 6.79 Å². The lowest BCUT2D eigenvalue weighted by Crippen LogP contribution is -2.44. The Morgan fingerprint density at radius 3 is 2.17 bits per heavy atom. The number of rotatable bonds is 3. The van der Waals surface area contributed by atoms with Crippen LogP contribution in [0.3, 0.4) is 0 Å². The first-order valence-electron chi connectivity index (χ1n) is 8.65. The summed E-state index contributed by atoms with van der Waals surface area (Å²) in [4.78, 5) is 2.50. The van der Waals surface area contributed by atoms with E-state index in [0.717, 1.165) is 76.8 Å². The zero-order valence-corrected chi connectivity index (χ0v) is 13.8. The topological polar surface area (TPSA) is 57.8 Å². The molecule has 4 rings (SSSR count). The Morgan fingerprint density at radius 1 is 0.826 bits per heavy atom. The molecule has 6 heteroatoms. The van der Waals surface area contributed by atoms with Crippen LogP contribution >= 0.6 is 0 Å². The molecule has 0 aliphatic carbocycles. The van der Waals surface area contributed by atoms with Crippen molar-refractivity contribution in [2.24, 2.45) is 0 Å². The van der Waals surface area contributed by atoms with E-state index in [-0.39, 0.29) is 0 Å². The first kappa shape index (κ1) is 16.5. The molecule has 0 radical (unpaired) electrons. The lowest BCUT2D eigenvalue weighted by molar-refractivity contribution is 0.174. The van der Waals surface area contributed by atoms with Crippen molar-refractivity contribution in [3.05, 3.63) is 23.8 Å². The van der Waals surface area contributed by atoms with Crippen LogP contribution in [0.4, 0.5) is 0 Å². The molecule has 1 aromatic rings. The van der Waals surface area contributed by atoms with Gasteiger partial charge in [0, 0.05) is 58.9 Å². The minimum absolute atomic E-state index is 0.358. The maximum atomic E-state index is 5.39. The van der Waals surface area contributed by atoms with Gasteiger partial charge in [0.15, 0.2) is 11.5 Å². The van der Waals surface area contributed by atoms with Crippen LogP contribution in [0.2, 0.25) is 0 Å². The normalized spacial score (nSPS) is 20.7. The van der Waals surface area contributed by atoms with Crippen molar-refractivity contribution in [1.29, 1.82) is 0 Å². The van der Waals surface area contributed by atoms with Crippen molar-refractivity contribution >= 4 is 0 Å². The van der Waals surface area contributed by atoms with E-state index < -0.39 is 0 Å². The summed E-state index contributed by atoms with van der Waals surface area (Å²) in [7, 11) is 0. The van der Waals surface area contributed by atoms with Crippen molar-refractivity contribution in [3.8, 4) is 11.5 Å². The lowest BCUT2D eigenvalue weighted by atomic mass is 10.1. The summed E-state index contributed by atoms with van der Waals surface area (Å²) in [5.74, 6) is 1.76. The van der Waals surface area contributed by atoms with Crippen LogP contribution in [-0.2, 0) is 6.42 Å². The zero-order valence-electron chi connectivity index (χ0n) is 13.8. The van der Waals surface area contributed by atoms with Gasteiger partial charge in [0.05, 0.1) is 0 Å². The third-order valence-corrected chi connectivity index (χ3v) is 4.32. The second-order valence-electron chi connectivity index (χ2n) is 6.03. The zero-order chi connectivity index (χ0) is 15.7. The first-order chi connectivity index (χ1) is 11.4. The maximum Gasteiger partial charge on any atom is 0.231 e. The third kappa shape index (κ3) is 5.35. The van der Waals surface area contributed by atoms with Gasteiger partial charge in [-0.15, -0.1) is 0 Å². The van der Waals surface area contributed by atoms with E-state index >= 15 is 0 Å². The molecule has 2 fully saturated rings. The van der Waals surface area contributed by atoms with Crippen molar-refractivity contribution in [1.82, 2.24) is 20.9 Å². The molecule has 6 nitrogen and oxygen atoms in total. The fraction of sp³-hybridized carbons (Fsp3) is 0.647. The molecule has 0 aromatic heterocycles. The largest absolute Gasteiger partial charge is 0.454 e. The molecule has 3 N–H and O–H groups in total. The molecular weight excluding hydrogens is 292 g/mol. The van der Waals surface area contributed by atoms with Crippen LogP contribution in [0.15, 0.2) is 18.2 Å². The molecule has 0 amide bonds. The van der Waals surface area contributed by atoms with Gasteiger partial charge in [-0.25, -0.2) is 0 Å². The van der Waals surface area contributed by atoms with Gasteiger partial charge >= 0.3 is 0 Å². The molecule has 3 aliphatic rings. The summed E-state index contributed by atoms with van der Waals surface area (Å²) in [6, 6.07) is 6.25. The smallest absolute Gasteiger partial charge is 0.231 e. The van der Waals surface area contributed by atoms with Crippen molar-refractivity contribution in [3.63, 3.8) is 0 Å². The number of hydrogen-bond donors (Lipinski definition) is 3. The van der Waals surface area contributed by atoms with E-state index in [4.69, 9.17) is 9.47 Å². The predicted molar refractivity (Wildman–Crippen MR) is 91.3 cm³/mol. The molecule has 2 saturated heterocycles. The summed E-state index contributed by atoms with van der Waals surface area (Å²) < 4.78 is 10.7. The lowest BCUT2D eigenvalue weighted by Gasteiger charge is -2.27. The Bertz CT molecular complexity index is 462. The van der Waals surface area contributed by atoms with Crippen LogP contribution in [0.5, 0.6) is 11.5 Å². The van der Waals surface area contributed by atoms with E-state index in [1.165, 1.54) is 5.56 Å². The van der Waals surface area contributed by atoms with Gasteiger partial charge in [0.1, 0.15) is 0 Å². The summed E-state index contributed by atoms with van der Waals surface area (Å²) in [6.07, 6.45) is 1.08. The number of ether oxygens (including phenoxy) is 2. The quantitative estimate of drug-likeness (QED) is 0.731. The summed E-state index contributed by atoms with van der Waals surface area (Å²) in [6.45, 7) is 10.6. The monoisotopic (exact) mass is 320 g/mol. The first-order valence-corrected chi connectivity index (χ1v) is 8.65. The fourth-order valence-corrected chi connectivity index (χ4v) is 2.92. The predicted octanol–water partition coefficient (Wildman–Crippen LogP) is 0.0422. The van der Waals surface area contributed by atoms with Gasteiger partial charge in [0.2, 0.25) is 6.79 Å². The van der Waals surface area contributed by atoms with Crippen LogP contribution in [0, 0.1) is 0 Å². The van der Waals surface area contributed by atoms with Gasteiger partial charge in [-0.3, -0.25) is 0 Å². The highest BCUT2D eigenvalue weighted by molar-refractivity contribution is 5.44. The number of piperazine rings is 2. The van der Waals surface area contributed by atoms with Crippen molar-refractivity contribution in [2.45, 2.75) is 6.42 Å². The van der Waals surface area contributed by atoms with Crippen molar-refractivity contribution < 1.29 is 9.47 Å². The Hall–Kier alpha value is -1.34. The molecule has 0 bridgehead atoms. The molecular formula is C17H28N4O2. The average Bonchev–Trinajstić information content (AvgIpc) is 3.11. The molecule has 3 heterocycles. The number of nitrogens with zero attached hydrogens (tertiary/aromatic N) is 1. The second kappa shape index (κ2) is 9.08. The van der Waals surface area contributed by atoms with Crippen LogP contribution in [0.25, 0.3) is 0 Å². The Kier molecular flexibility index (Phi) is 6.52. The Labute approximate surface area is 138 Å². The summed E-state index contributed by atoms with van der Waals surface area (Å²) >= 11 is 0. The van der Waals surface area contributed by atoms with Gasteiger partial charge in [-0.05, 0) is 24.1 Å². The molecule has 1 aromatic carbocycles. The second-order valence-corrected chi connectivity index (χ2v) is 6.03. The van der Waals surface area contributed by atoms with Crippen LogP contribution in [0.1, 0.15) is 5.56 Å². The van der Waals surface area contributed by atoms with Gasteiger partial charge in [0.25, 0.3) is 0 Å². The number of nitrogens with one attached hydrogen (secondary N) is 3. The highest BCUT2D eigenvalue weighted by Crippen LogP contribution is 2.32. The third-order valence-electron chi connectivity index (χ3n) is 4.32. The number of hydrogen-bond acceptors (Lipinski definition) is 6. The molecule has 0 saturated carbocycles. The Balaban J connectivity index is 0.000000220. The highest BCUT2D eigenvalue weighted by Gasteiger charge is 2.14. The van der Waals surface area contributed by atoms with Gasteiger partial charge in [-0.1, -0.05) is 6.07 Å². The SMILES string of the molecule is C1CNCCN1.c1cc2c(cc1CCN1CCNCC1)OCO2. The summed E-state index contributed by atoms with van der Waals surface area (Å²) in [5, 5.41) is 9.81. The van der Waals surface area contributed by atoms with E-state index in [1.807, 2.05) is 6.07 Å². The molecule has 128 valence electrons. The summed E-state index contributed by atoms with van der Waals surface area (Å²) in [5.41, 5.74) is 1.33. The maximum absolute atomic E-state index is 5.39. The standard InChI is InChI=1S/C13H18N2O2.C4H10N2/c1-2-12-13(17-10-16-12)9-11(1)3-6-15-7-4-14-5-8-15;1-2-6-4-3-5-1/h1-2,9,14H,3-8,10H2;5-6H,1-4H2. The molecule has 0 unspecified atom stereocenters. The van der Waals surface area contributed by atoms with E-state index in [9.17, 15) is 0 Å². The molecule has 3 aliphatic heterocycles. The van der Waals surface area contributed by atoms with E-state index in [1.54, 1.807) is 0 Å². The number of fused-ring (bicyclic) bond motifs is 1. The average molecular weight is 320 g/mol.